The Kier molecular flexibility index (Phi) is 4.48. The second-order valence-electron chi connectivity index (χ2n) is 6.33. The fourth-order valence-electron chi connectivity index (χ4n) is 3.67. The van der Waals surface area contributed by atoms with Crippen LogP contribution in [0.25, 0.3) is 6.08 Å². The first-order chi connectivity index (χ1) is 10.7. The van der Waals surface area contributed by atoms with E-state index in [1.54, 1.807) is 13.2 Å². The Balaban J connectivity index is 1.53. The number of piperidine rings is 1. The molecule has 0 radical (unpaired) electrons. The minimum absolute atomic E-state index is 0.00442. The van der Waals surface area contributed by atoms with Gasteiger partial charge in [0, 0.05) is 24.2 Å². The molecule has 2 unspecified atom stereocenters. The van der Waals surface area contributed by atoms with Crippen molar-refractivity contribution in [2.45, 2.75) is 43.8 Å². The van der Waals surface area contributed by atoms with Gasteiger partial charge < -0.3 is 15.0 Å². The van der Waals surface area contributed by atoms with Crippen LogP contribution in [0.3, 0.4) is 0 Å². The number of nitrogens with zero attached hydrogens (tertiary/aromatic N) is 1. The molecule has 0 aliphatic carbocycles. The van der Waals surface area contributed by atoms with Crippen molar-refractivity contribution < 1.29 is 9.53 Å². The van der Waals surface area contributed by atoms with Crippen LogP contribution in [0.1, 0.15) is 31.2 Å². The molecule has 4 heteroatoms. The molecular weight excluding hydrogens is 276 g/mol. The predicted molar refractivity (Wildman–Crippen MR) is 87.8 cm³/mol. The van der Waals surface area contributed by atoms with E-state index in [1.165, 1.54) is 12.8 Å². The van der Waals surface area contributed by atoms with Gasteiger partial charge in [0.05, 0.1) is 7.11 Å². The van der Waals surface area contributed by atoms with Gasteiger partial charge in [0.15, 0.2) is 0 Å². The van der Waals surface area contributed by atoms with Gasteiger partial charge in [-0.3, -0.25) is 4.79 Å². The lowest BCUT2D eigenvalue weighted by atomic mass is 9.98. The van der Waals surface area contributed by atoms with Crippen molar-refractivity contribution in [2.24, 2.45) is 0 Å². The molecule has 2 bridgehead atoms. The number of hydrogen-bond acceptors (Lipinski definition) is 3. The van der Waals surface area contributed by atoms with Gasteiger partial charge in [0.2, 0.25) is 5.91 Å². The highest BCUT2D eigenvalue weighted by atomic mass is 16.5. The highest BCUT2D eigenvalue weighted by molar-refractivity contribution is 5.91. The van der Waals surface area contributed by atoms with Gasteiger partial charge in [-0.05, 0) is 56.5 Å². The lowest BCUT2D eigenvalue weighted by Gasteiger charge is -2.36. The molecule has 0 saturated carbocycles. The molecule has 2 atom stereocenters. The number of carbonyl (C=O) groups excluding carboxylic acids is 1. The van der Waals surface area contributed by atoms with Crippen LogP contribution in [-0.2, 0) is 4.79 Å². The van der Waals surface area contributed by atoms with E-state index in [4.69, 9.17) is 4.74 Å². The normalized spacial score (nSPS) is 28.0. The zero-order valence-electron chi connectivity index (χ0n) is 13.3. The average Bonchev–Trinajstić information content (AvgIpc) is 2.75. The number of fused-ring (bicyclic) bond motifs is 2. The first-order valence-electron chi connectivity index (χ1n) is 8.00. The van der Waals surface area contributed by atoms with Crippen molar-refractivity contribution in [1.82, 2.24) is 10.2 Å². The van der Waals surface area contributed by atoms with Crippen LogP contribution in [-0.4, -0.2) is 43.1 Å². The standard InChI is InChI=1S/C18H24N2O2/c1-20-15-6-7-16(20)12-14(11-15)19-18(21)10-5-13-3-8-17(22-2)9-4-13/h3-5,8-10,14-16H,6-7,11-12H2,1-2H3,(H,19,21)/b10-5+. The van der Waals surface area contributed by atoms with E-state index in [2.05, 4.69) is 17.3 Å². The van der Waals surface area contributed by atoms with Crippen LogP contribution >= 0.6 is 0 Å². The van der Waals surface area contributed by atoms with Crippen LogP contribution in [0.2, 0.25) is 0 Å². The summed E-state index contributed by atoms with van der Waals surface area (Å²) < 4.78 is 5.12. The molecule has 0 aromatic heterocycles. The summed E-state index contributed by atoms with van der Waals surface area (Å²) in [6.45, 7) is 0. The Morgan fingerprint density at radius 2 is 1.86 bits per heavy atom. The number of carbonyl (C=O) groups is 1. The fraction of sp³-hybridized carbons (Fsp3) is 0.500. The van der Waals surface area contributed by atoms with E-state index in [1.807, 2.05) is 30.3 Å². The molecule has 4 nitrogen and oxygen atoms in total. The minimum Gasteiger partial charge on any atom is -0.497 e. The zero-order chi connectivity index (χ0) is 15.5. The summed E-state index contributed by atoms with van der Waals surface area (Å²) in [5, 5.41) is 3.16. The Morgan fingerprint density at radius 1 is 1.23 bits per heavy atom. The van der Waals surface area contributed by atoms with Crippen molar-refractivity contribution in [3.63, 3.8) is 0 Å². The second kappa shape index (κ2) is 6.53. The van der Waals surface area contributed by atoms with E-state index >= 15 is 0 Å². The van der Waals surface area contributed by atoms with Crippen LogP contribution in [0.4, 0.5) is 0 Å². The number of methoxy groups -OCH3 is 1. The maximum absolute atomic E-state index is 12.1. The van der Waals surface area contributed by atoms with Gasteiger partial charge in [-0.15, -0.1) is 0 Å². The van der Waals surface area contributed by atoms with E-state index in [-0.39, 0.29) is 5.91 Å². The van der Waals surface area contributed by atoms with Gasteiger partial charge in [-0.1, -0.05) is 12.1 Å². The molecule has 1 aromatic carbocycles. The smallest absolute Gasteiger partial charge is 0.244 e. The Bertz CT molecular complexity index is 539. The Labute approximate surface area is 132 Å². The van der Waals surface area contributed by atoms with E-state index in [0.717, 1.165) is 24.2 Å². The maximum atomic E-state index is 12.1. The van der Waals surface area contributed by atoms with Crippen LogP contribution in [0.5, 0.6) is 5.75 Å². The first-order valence-corrected chi connectivity index (χ1v) is 8.00. The highest BCUT2D eigenvalue weighted by Crippen LogP contribution is 2.34. The third kappa shape index (κ3) is 3.33. The Hall–Kier alpha value is -1.81. The SMILES string of the molecule is COc1ccc(/C=C/C(=O)NC2CC3CCC(C2)N3C)cc1. The second-order valence-corrected chi connectivity index (χ2v) is 6.33. The van der Waals surface area contributed by atoms with Gasteiger partial charge in [0.1, 0.15) is 5.75 Å². The third-order valence-electron chi connectivity index (χ3n) is 4.99. The molecule has 118 valence electrons. The van der Waals surface area contributed by atoms with Crippen molar-refractivity contribution >= 4 is 12.0 Å². The minimum atomic E-state index is 0.00442. The highest BCUT2D eigenvalue weighted by Gasteiger charge is 2.38. The molecule has 0 spiro atoms. The van der Waals surface area contributed by atoms with Crippen LogP contribution < -0.4 is 10.1 Å². The largest absolute Gasteiger partial charge is 0.497 e. The fourth-order valence-corrected chi connectivity index (χ4v) is 3.67. The van der Waals surface area contributed by atoms with Crippen molar-refractivity contribution in [1.29, 1.82) is 0 Å². The maximum Gasteiger partial charge on any atom is 0.244 e. The zero-order valence-corrected chi connectivity index (χ0v) is 13.3. The van der Waals surface area contributed by atoms with Crippen molar-refractivity contribution in [3.8, 4) is 5.75 Å². The van der Waals surface area contributed by atoms with E-state index < -0.39 is 0 Å². The van der Waals surface area contributed by atoms with E-state index in [9.17, 15) is 4.79 Å². The lowest BCUT2D eigenvalue weighted by molar-refractivity contribution is -0.117. The summed E-state index contributed by atoms with van der Waals surface area (Å²) >= 11 is 0. The van der Waals surface area contributed by atoms with Gasteiger partial charge in [0.25, 0.3) is 0 Å². The molecule has 2 heterocycles. The number of ether oxygens (including phenoxy) is 1. The Morgan fingerprint density at radius 3 is 2.45 bits per heavy atom. The lowest BCUT2D eigenvalue weighted by Crippen LogP contribution is -2.48. The summed E-state index contributed by atoms with van der Waals surface area (Å²) in [5.74, 6) is 0.827. The topological polar surface area (TPSA) is 41.6 Å². The summed E-state index contributed by atoms with van der Waals surface area (Å²) in [6, 6.07) is 9.29. The number of hydrogen-bond donors (Lipinski definition) is 1. The number of nitrogens with one attached hydrogen (secondary N) is 1. The number of amides is 1. The van der Waals surface area contributed by atoms with Gasteiger partial charge >= 0.3 is 0 Å². The van der Waals surface area contributed by atoms with Gasteiger partial charge in [-0.25, -0.2) is 0 Å². The molecule has 1 aromatic rings. The first kappa shape index (κ1) is 15.1. The van der Waals surface area contributed by atoms with Crippen LogP contribution in [0.15, 0.2) is 30.3 Å². The summed E-state index contributed by atoms with van der Waals surface area (Å²) in [4.78, 5) is 14.6. The number of rotatable bonds is 4. The quantitative estimate of drug-likeness (QED) is 0.869. The molecule has 1 N–H and O–H groups in total. The van der Waals surface area contributed by atoms with Gasteiger partial charge in [-0.2, -0.15) is 0 Å². The van der Waals surface area contributed by atoms with Crippen molar-refractivity contribution in [3.05, 3.63) is 35.9 Å². The molecular formula is C18H24N2O2. The molecule has 1 amide bonds. The average molecular weight is 300 g/mol. The van der Waals surface area contributed by atoms with E-state index in [0.29, 0.717) is 18.1 Å². The third-order valence-corrected chi connectivity index (χ3v) is 4.99. The summed E-state index contributed by atoms with van der Waals surface area (Å²) in [7, 11) is 3.86. The number of benzene rings is 1. The summed E-state index contributed by atoms with van der Waals surface area (Å²) in [5.41, 5.74) is 0.999. The molecule has 3 rings (SSSR count). The summed E-state index contributed by atoms with van der Waals surface area (Å²) in [6.07, 6.45) is 8.18. The molecule has 2 saturated heterocycles. The molecule has 2 aliphatic heterocycles. The molecule has 2 aliphatic rings. The van der Waals surface area contributed by atoms with Crippen molar-refractivity contribution in [2.75, 3.05) is 14.2 Å². The molecule has 22 heavy (non-hydrogen) atoms. The predicted octanol–water partition coefficient (Wildman–Crippen LogP) is 2.45. The monoisotopic (exact) mass is 300 g/mol. The van der Waals surface area contributed by atoms with Crippen LogP contribution in [0, 0.1) is 0 Å². The molecule has 2 fully saturated rings.